The fourth-order valence-corrected chi connectivity index (χ4v) is 2.42. The molecule has 3 nitrogen and oxygen atoms in total. The first-order valence-corrected chi connectivity index (χ1v) is 7.45. The summed E-state index contributed by atoms with van der Waals surface area (Å²) in [7, 11) is 0. The summed E-state index contributed by atoms with van der Waals surface area (Å²) >= 11 is 0. The molecule has 0 amide bonds. The van der Waals surface area contributed by atoms with Crippen LogP contribution in [0.15, 0.2) is 48.5 Å². The summed E-state index contributed by atoms with van der Waals surface area (Å²) in [6, 6.07) is 19.8. The molecule has 2 aromatic carbocycles. The van der Waals surface area contributed by atoms with E-state index < -0.39 is 0 Å². The summed E-state index contributed by atoms with van der Waals surface area (Å²) in [5.41, 5.74) is 3.80. The van der Waals surface area contributed by atoms with E-state index >= 15 is 0 Å². The monoisotopic (exact) mass is 289 g/mol. The lowest BCUT2D eigenvalue weighted by Crippen LogP contribution is -2.23. The topological polar surface area (TPSA) is 50.8 Å². The van der Waals surface area contributed by atoms with Crippen LogP contribution in [0, 0.1) is 22.7 Å². The maximum absolute atomic E-state index is 8.85. The predicted molar refractivity (Wildman–Crippen MR) is 86.7 cm³/mol. The third-order valence-corrected chi connectivity index (χ3v) is 3.52. The lowest BCUT2D eigenvalue weighted by atomic mass is 10.1. The Morgan fingerprint density at radius 3 is 1.50 bits per heavy atom. The van der Waals surface area contributed by atoms with Crippen LogP contribution >= 0.6 is 0 Å². The average Bonchev–Trinajstić information content (AvgIpc) is 2.56. The second-order valence-corrected chi connectivity index (χ2v) is 5.33. The van der Waals surface area contributed by atoms with Gasteiger partial charge in [0.1, 0.15) is 0 Å². The molecule has 0 N–H and O–H groups in total. The van der Waals surface area contributed by atoms with Gasteiger partial charge in [0.25, 0.3) is 0 Å². The van der Waals surface area contributed by atoms with Gasteiger partial charge in [-0.2, -0.15) is 10.5 Å². The standard InChI is InChI=1S/C19H19N3/c1-2-11-22(14-18-7-3-16(12-20)4-8-18)15-19-9-5-17(13-21)6-10-19/h3-10H,2,11,14-15H2,1H3. The highest BCUT2D eigenvalue weighted by molar-refractivity contribution is 5.32. The molecule has 2 rings (SSSR count). The quantitative estimate of drug-likeness (QED) is 0.811. The van der Waals surface area contributed by atoms with Gasteiger partial charge in [-0.3, -0.25) is 4.90 Å². The van der Waals surface area contributed by atoms with Gasteiger partial charge >= 0.3 is 0 Å². The van der Waals surface area contributed by atoms with Crippen molar-refractivity contribution in [1.29, 1.82) is 10.5 Å². The number of rotatable bonds is 6. The highest BCUT2D eigenvalue weighted by Gasteiger charge is 2.06. The zero-order valence-corrected chi connectivity index (χ0v) is 12.8. The van der Waals surface area contributed by atoms with Crippen LogP contribution in [0.4, 0.5) is 0 Å². The molecule has 22 heavy (non-hydrogen) atoms. The van der Waals surface area contributed by atoms with Crippen molar-refractivity contribution in [1.82, 2.24) is 4.90 Å². The molecule has 0 radical (unpaired) electrons. The molecular formula is C19H19N3. The molecule has 2 aromatic rings. The molecular weight excluding hydrogens is 270 g/mol. The van der Waals surface area contributed by atoms with Gasteiger partial charge in [0, 0.05) is 13.1 Å². The third kappa shape index (κ3) is 4.45. The highest BCUT2D eigenvalue weighted by Crippen LogP contribution is 2.12. The third-order valence-electron chi connectivity index (χ3n) is 3.52. The van der Waals surface area contributed by atoms with E-state index in [2.05, 4.69) is 24.0 Å². The first kappa shape index (κ1) is 15.8. The second kappa shape index (κ2) is 7.98. The van der Waals surface area contributed by atoms with Gasteiger partial charge < -0.3 is 0 Å². The van der Waals surface area contributed by atoms with E-state index in [1.165, 1.54) is 11.1 Å². The van der Waals surface area contributed by atoms with Gasteiger partial charge in [0.05, 0.1) is 23.3 Å². The number of nitriles is 2. The fraction of sp³-hybridized carbons (Fsp3) is 0.263. The fourth-order valence-electron chi connectivity index (χ4n) is 2.42. The Morgan fingerprint density at radius 1 is 0.773 bits per heavy atom. The van der Waals surface area contributed by atoms with Crippen molar-refractivity contribution in [3.63, 3.8) is 0 Å². The molecule has 0 saturated carbocycles. The maximum atomic E-state index is 8.85. The van der Waals surface area contributed by atoms with Crippen molar-refractivity contribution in [2.75, 3.05) is 6.54 Å². The van der Waals surface area contributed by atoms with Gasteiger partial charge in [-0.05, 0) is 48.4 Å². The molecule has 0 aliphatic rings. The first-order valence-electron chi connectivity index (χ1n) is 7.45. The Balaban J connectivity index is 2.05. The number of benzene rings is 2. The minimum absolute atomic E-state index is 0.692. The molecule has 0 fully saturated rings. The Hall–Kier alpha value is -2.62. The molecule has 0 heterocycles. The summed E-state index contributed by atoms with van der Waals surface area (Å²) in [6.07, 6.45) is 1.09. The molecule has 0 spiro atoms. The Morgan fingerprint density at radius 2 is 1.18 bits per heavy atom. The summed E-state index contributed by atoms with van der Waals surface area (Å²) in [4.78, 5) is 2.38. The molecule has 0 aliphatic carbocycles. The van der Waals surface area contributed by atoms with Crippen LogP contribution in [-0.2, 0) is 13.1 Å². The zero-order valence-electron chi connectivity index (χ0n) is 12.8. The molecule has 3 heteroatoms. The predicted octanol–water partition coefficient (Wildman–Crippen LogP) is 3.84. The van der Waals surface area contributed by atoms with Crippen LogP contribution in [0.25, 0.3) is 0 Å². The van der Waals surface area contributed by atoms with E-state index in [1.54, 1.807) is 0 Å². The van der Waals surface area contributed by atoms with Crippen LogP contribution in [0.1, 0.15) is 35.6 Å². The smallest absolute Gasteiger partial charge is 0.0991 e. The molecule has 0 atom stereocenters. The van der Waals surface area contributed by atoms with Gasteiger partial charge in [-0.1, -0.05) is 31.2 Å². The molecule has 0 bridgehead atoms. The highest BCUT2D eigenvalue weighted by atomic mass is 15.1. The zero-order chi connectivity index (χ0) is 15.8. The summed E-state index contributed by atoms with van der Waals surface area (Å²) < 4.78 is 0. The number of hydrogen-bond donors (Lipinski definition) is 0. The van der Waals surface area contributed by atoms with Crippen molar-refractivity contribution >= 4 is 0 Å². The van der Waals surface area contributed by atoms with E-state index in [0.717, 1.165) is 26.1 Å². The normalized spacial score (nSPS) is 10.2. The Kier molecular flexibility index (Phi) is 5.72. The van der Waals surface area contributed by atoms with Crippen LogP contribution in [0.2, 0.25) is 0 Å². The largest absolute Gasteiger partial charge is 0.295 e. The molecule has 0 aliphatic heterocycles. The van der Waals surface area contributed by atoms with Crippen LogP contribution in [-0.4, -0.2) is 11.4 Å². The van der Waals surface area contributed by atoms with Gasteiger partial charge in [0.15, 0.2) is 0 Å². The average molecular weight is 289 g/mol. The SMILES string of the molecule is CCCN(Cc1ccc(C#N)cc1)Cc1ccc(C#N)cc1. The van der Waals surface area contributed by atoms with Crippen LogP contribution in [0.3, 0.4) is 0 Å². The molecule has 0 unspecified atom stereocenters. The van der Waals surface area contributed by atoms with Gasteiger partial charge in [0.2, 0.25) is 0 Å². The van der Waals surface area contributed by atoms with E-state index in [0.29, 0.717) is 11.1 Å². The van der Waals surface area contributed by atoms with Crippen molar-refractivity contribution in [2.45, 2.75) is 26.4 Å². The van der Waals surface area contributed by atoms with Crippen molar-refractivity contribution in [2.24, 2.45) is 0 Å². The minimum Gasteiger partial charge on any atom is -0.295 e. The number of nitrogens with zero attached hydrogens (tertiary/aromatic N) is 3. The van der Waals surface area contributed by atoms with E-state index in [4.69, 9.17) is 10.5 Å². The van der Waals surface area contributed by atoms with Crippen molar-refractivity contribution < 1.29 is 0 Å². The summed E-state index contributed by atoms with van der Waals surface area (Å²) in [5.74, 6) is 0. The van der Waals surface area contributed by atoms with E-state index in [-0.39, 0.29) is 0 Å². The van der Waals surface area contributed by atoms with Crippen molar-refractivity contribution in [3.05, 3.63) is 70.8 Å². The lowest BCUT2D eigenvalue weighted by molar-refractivity contribution is 0.257. The Labute approximate surface area is 132 Å². The minimum atomic E-state index is 0.692. The maximum Gasteiger partial charge on any atom is 0.0991 e. The van der Waals surface area contributed by atoms with Crippen molar-refractivity contribution in [3.8, 4) is 12.1 Å². The van der Waals surface area contributed by atoms with Crippen LogP contribution < -0.4 is 0 Å². The summed E-state index contributed by atoms with van der Waals surface area (Å²) in [6.45, 7) is 4.91. The molecule has 0 saturated heterocycles. The molecule has 110 valence electrons. The molecule has 0 aromatic heterocycles. The number of hydrogen-bond acceptors (Lipinski definition) is 3. The van der Waals surface area contributed by atoms with E-state index in [9.17, 15) is 0 Å². The van der Waals surface area contributed by atoms with Gasteiger partial charge in [-0.25, -0.2) is 0 Å². The Bertz CT molecular complexity index is 613. The van der Waals surface area contributed by atoms with Gasteiger partial charge in [-0.15, -0.1) is 0 Å². The van der Waals surface area contributed by atoms with Crippen LogP contribution in [0.5, 0.6) is 0 Å². The summed E-state index contributed by atoms with van der Waals surface area (Å²) in [5, 5.41) is 17.7. The first-order chi connectivity index (χ1) is 10.7. The second-order valence-electron chi connectivity index (χ2n) is 5.33. The van der Waals surface area contributed by atoms with E-state index in [1.807, 2.05) is 48.5 Å². The lowest BCUT2D eigenvalue weighted by Gasteiger charge is -2.22.